The third-order valence-corrected chi connectivity index (χ3v) is 7.25. The Hall–Kier alpha value is -1.81. The number of hydrogen-bond donors (Lipinski definition) is 1. The van der Waals surface area contributed by atoms with Crippen LogP contribution in [0.2, 0.25) is 0 Å². The van der Waals surface area contributed by atoms with Crippen LogP contribution in [0, 0.1) is 18.8 Å². The molecule has 176 valence electrons. The predicted molar refractivity (Wildman–Crippen MR) is 135 cm³/mol. The molecule has 1 atom stereocenters. The molecule has 32 heavy (non-hydrogen) atoms. The van der Waals surface area contributed by atoms with E-state index in [9.17, 15) is 4.79 Å². The topological polar surface area (TPSA) is 46.9 Å². The van der Waals surface area contributed by atoms with Crippen molar-refractivity contribution in [3.63, 3.8) is 0 Å². The number of carbonyl (C=O) groups is 1. The molecule has 2 aromatic rings. The highest BCUT2D eigenvalue weighted by Gasteiger charge is 2.30. The van der Waals surface area contributed by atoms with Crippen LogP contribution in [-0.4, -0.2) is 28.1 Å². The van der Waals surface area contributed by atoms with Crippen molar-refractivity contribution in [1.82, 2.24) is 15.1 Å². The van der Waals surface area contributed by atoms with Gasteiger partial charge in [0.25, 0.3) is 5.91 Å². The second-order valence-corrected chi connectivity index (χ2v) is 9.94. The molecule has 1 unspecified atom stereocenters. The van der Waals surface area contributed by atoms with Gasteiger partial charge in [-0.1, -0.05) is 70.2 Å². The minimum Gasteiger partial charge on any atom is -0.350 e. The van der Waals surface area contributed by atoms with E-state index < -0.39 is 0 Å². The second kappa shape index (κ2) is 11.9. The number of alkyl halides is 1. The fourth-order valence-electron chi connectivity index (χ4n) is 4.81. The van der Waals surface area contributed by atoms with Crippen LogP contribution in [-0.2, 0) is 13.0 Å². The van der Waals surface area contributed by atoms with Crippen LogP contribution in [0.25, 0.3) is 11.3 Å². The lowest BCUT2D eigenvalue weighted by Gasteiger charge is -2.16. The van der Waals surface area contributed by atoms with Crippen molar-refractivity contribution >= 4 is 17.5 Å². The summed E-state index contributed by atoms with van der Waals surface area (Å²) in [5, 5.41) is 7.98. The highest BCUT2D eigenvalue weighted by Crippen LogP contribution is 2.39. The summed E-state index contributed by atoms with van der Waals surface area (Å²) < 4.78 is 2.07. The molecule has 5 heteroatoms. The van der Waals surface area contributed by atoms with Crippen molar-refractivity contribution in [2.24, 2.45) is 11.8 Å². The summed E-state index contributed by atoms with van der Waals surface area (Å²) in [6, 6.07) is 6.59. The Balaban J connectivity index is 1.71. The molecule has 1 heterocycles. The number of unbranched alkanes of at least 4 members (excludes halogenated alkanes) is 2. The second-order valence-electron chi connectivity index (χ2n) is 9.56. The van der Waals surface area contributed by atoms with Gasteiger partial charge < -0.3 is 5.32 Å². The van der Waals surface area contributed by atoms with E-state index >= 15 is 0 Å². The van der Waals surface area contributed by atoms with Crippen LogP contribution in [0.3, 0.4) is 0 Å². The fourth-order valence-corrected chi connectivity index (χ4v) is 4.99. The number of carbonyl (C=O) groups excluding carboxylic acids is 1. The first kappa shape index (κ1) is 24.8. The average Bonchev–Trinajstić information content (AvgIpc) is 3.32. The summed E-state index contributed by atoms with van der Waals surface area (Å²) in [5.74, 6) is 1.94. The molecule has 0 radical (unpaired) electrons. The monoisotopic (exact) mass is 457 g/mol. The van der Waals surface area contributed by atoms with E-state index in [4.69, 9.17) is 16.7 Å². The molecule has 1 aliphatic carbocycles. The van der Waals surface area contributed by atoms with E-state index in [1.165, 1.54) is 36.0 Å². The number of nitrogens with zero attached hydrogens (tertiary/aromatic N) is 2. The van der Waals surface area contributed by atoms with Gasteiger partial charge >= 0.3 is 0 Å². The van der Waals surface area contributed by atoms with E-state index in [-0.39, 0.29) is 5.91 Å². The van der Waals surface area contributed by atoms with E-state index in [2.05, 4.69) is 55.9 Å². The number of hydrogen-bond acceptors (Lipinski definition) is 2. The third kappa shape index (κ3) is 5.95. The van der Waals surface area contributed by atoms with Crippen LogP contribution < -0.4 is 5.32 Å². The van der Waals surface area contributed by atoms with Crippen molar-refractivity contribution in [3.05, 3.63) is 40.6 Å². The van der Waals surface area contributed by atoms with Crippen LogP contribution >= 0.6 is 11.6 Å². The standard InChI is InChI=1S/C27H40ClN3O/c1-5-21(6-2)12-10-20(4)18-29-27(32)25-24-17-22-16-19(3)11-13-23(22)26(24)31(30-25)15-9-7-8-14-28/h11,13,16,20-21H,5-10,12,14-15,17-18H2,1-4H3,(H,29,32). The quantitative estimate of drug-likeness (QED) is 0.228. The van der Waals surface area contributed by atoms with Crippen molar-refractivity contribution in [2.45, 2.75) is 85.6 Å². The largest absolute Gasteiger partial charge is 0.350 e. The molecule has 0 saturated heterocycles. The first-order chi connectivity index (χ1) is 15.5. The molecule has 0 fully saturated rings. The number of amides is 1. The zero-order valence-corrected chi connectivity index (χ0v) is 21.1. The lowest BCUT2D eigenvalue weighted by Crippen LogP contribution is -2.29. The van der Waals surface area contributed by atoms with Crippen LogP contribution in [0.4, 0.5) is 0 Å². The van der Waals surface area contributed by atoms with Crippen LogP contribution in [0.1, 0.15) is 92.9 Å². The van der Waals surface area contributed by atoms with Crippen molar-refractivity contribution in [3.8, 4) is 11.3 Å². The Morgan fingerprint density at radius 3 is 2.69 bits per heavy atom. The maximum absolute atomic E-state index is 13.2. The smallest absolute Gasteiger partial charge is 0.272 e. The maximum atomic E-state index is 13.2. The molecule has 1 aromatic heterocycles. The van der Waals surface area contributed by atoms with E-state index in [1.54, 1.807) is 0 Å². The molecular formula is C27H40ClN3O. The highest BCUT2D eigenvalue weighted by atomic mass is 35.5. The molecule has 0 aliphatic heterocycles. The van der Waals surface area contributed by atoms with E-state index in [0.29, 0.717) is 24.0 Å². The Labute approximate surface area is 199 Å². The summed E-state index contributed by atoms with van der Waals surface area (Å²) in [6.07, 6.45) is 8.79. The Morgan fingerprint density at radius 1 is 1.19 bits per heavy atom. The zero-order valence-electron chi connectivity index (χ0n) is 20.3. The van der Waals surface area contributed by atoms with Gasteiger partial charge in [0.1, 0.15) is 0 Å². The summed E-state index contributed by atoms with van der Waals surface area (Å²) in [7, 11) is 0. The van der Waals surface area contributed by atoms with Gasteiger partial charge in [-0.25, -0.2) is 0 Å². The number of halogens is 1. The molecule has 1 amide bonds. The van der Waals surface area contributed by atoms with E-state index in [1.807, 2.05) is 0 Å². The minimum atomic E-state index is -0.0281. The molecule has 1 aromatic carbocycles. The van der Waals surface area contributed by atoms with Gasteiger partial charge in [-0.05, 0) is 43.6 Å². The zero-order chi connectivity index (χ0) is 23.1. The lowest BCUT2D eigenvalue weighted by atomic mass is 9.93. The van der Waals surface area contributed by atoms with Gasteiger partial charge in [0.05, 0.1) is 5.69 Å². The van der Waals surface area contributed by atoms with Crippen molar-refractivity contribution in [2.75, 3.05) is 12.4 Å². The number of aromatic nitrogens is 2. The van der Waals surface area contributed by atoms with Gasteiger partial charge in [0.2, 0.25) is 0 Å². The minimum absolute atomic E-state index is 0.0281. The average molecular weight is 458 g/mol. The van der Waals surface area contributed by atoms with Gasteiger partial charge in [-0.2, -0.15) is 5.10 Å². The summed E-state index contributed by atoms with van der Waals surface area (Å²) in [4.78, 5) is 13.2. The number of benzene rings is 1. The highest BCUT2D eigenvalue weighted by molar-refractivity contribution is 6.17. The van der Waals surface area contributed by atoms with Gasteiger partial charge in [0.15, 0.2) is 5.69 Å². The molecule has 1 N–H and O–H groups in total. The van der Waals surface area contributed by atoms with Gasteiger partial charge in [-0.15, -0.1) is 11.6 Å². The van der Waals surface area contributed by atoms with Gasteiger partial charge in [0, 0.05) is 36.5 Å². The molecule has 3 rings (SSSR count). The number of aryl methyl sites for hydroxylation is 2. The first-order valence-electron chi connectivity index (χ1n) is 12.5. The van der Waals surface area contributed by atoms with Gasteiger partial charge in [-0.3, -0.25) is 9.48 Å². The molecule has 0 bridgehead atoms. The predicted octanol–water partition coefficient (Wildman–Crippen LogP) is 6.75. The summed E-state index contributed by atoms with van der Waals surface area (Å²) in [6.45, 7) is 10.4. The lowest BCUT2D eigenvalue weighted by molar-refractivity contribution is 0.0940. The maximum Gasteiger partial charge on any atom is 0.272 e. The summed E-state index contributed by atoms with van der Waals surface area (Å²) in [5.41, 5.74) is 6.63. The van der Waals surface area contributed by atoms with Crippen LogP contribution in [0.5, 0.6) is 0 Å². The Kier molecular flexibility index (Phi) is 9.22. The van der Waals surface area contributed by atoms with Crippen molar-refractivity contribution < 1.29 is 4.79 Å². The third-order valence-electron chi connectivity index (χ3n) is 6.99. The molecule has 0 spiro atoms. The number of rotatable bonds is 13. The number of fused-ring (bicyclic) bond motifs is 3. The Morgan fingerprint density at radius 2 is 1.97 bits per heavy atom. The van der Waals surface area contributed by atoms with Crippen LogP contribution in [0.15, 0.2) is 18.2 Å². The molecule has 0 saturated carbocycles. The van der Waals surface area contributed by atoms with E-state index in [0.717, 1.165) is 55.8 Å². The summed E-state index contributed by atoms with van der Waals surface area (Å²) >= 11 is 5.85. The Bertz CT molecular complexity index is 901. The normalized spacial score (nSPS) is 13.3. The first-order valence-corrected chi connectivity index (χ1v) is 13.1. The van der Waals surface area contributed by atoms with Crippen molar-refractivity contribution in [1.29, 1.82) is 0 Å². The molecule has 1 aliphatic rings. The SMILES string of the molecule is CCC(CC)CCC(C)CNC(=O)c1nn(CCCCCCl)c2c1Cc1cc(C)ccc1-2. The molecule has 4 nitrogen and oxygen atoms in total. The fraction of sp³-hybridized carbons (Fsp3) is 0.630. The molecular weight excluding hydrogens is 418 g/mol. The number of nitrogens with one attached hydrogen (secondary N) is 1.